The average Bonchev–Trinajstić information content (AvgIpc) is 2.58. The van der Waals surface area contributed by atoms with Gasteiger partial charge in [-0.25, -0.2) is 9.79 Å². The van der Waals surface area contributed by atoms with Gasteiger partial charge in [-0.3, -0.25) is 14.5 Å². The zero-order valence-electron chi connectivity index (χ0n) is 15.1. The standard InChI is InChI=1S/C17H15F6N3O3/c1-8-12(14(28)26(2)15(29)24-8)3-4-13(27)25-11-6-9(16(18,19)20)5-10(7-11)17(21,22)23/h5-7,12H,3-4H2,1-2H3,(H,25,27). The van der Waals surface area contributed by atoms with E-state index < -0.39 is 52.9 Å². The van der Waals surface area contributed by atoms with Crippen LogP contribution in [0.1, 0.15) is 30.9 Å². The zero-order chi connectivity index (χ0) is 22.1. The third-order valence-corrected chi connectivity index (χ3v) is 4.22. The summed E-state index contributed by atoms with van der Waals surface area (Å²) in [6.07, 6.45) is -10.6. The van der Waals surface area contributed by atoms with E-state index in [1.165, 1.54) is 14.0 Å². The minimum atomic E-state index is -5.04. The van der Waals surface area contributed by atoms with Gasteiger partial charge in [0.25, 0.3) is 0 Å². The molecule has 2 rings (SSSR count). The molecule has 12 heteroatoms. The zero-order valence-corrected chi connectivity index (χ0v) is 15.1. The molecule has 0 saturated carbocycles. The first kappa shape index (κ1) is 22.4. The smallest absolute Gasteiger partial charge is 0.326 e. The Morgan fingerprint density at radius 2 is 1.59 bits per heavy atom. The van der Waals surface area contributed by atoms with E-state index in [0.29, 0.717) is 12.1 Å². The Bertz CT molecular complexity index is 844. The van der Waals surface area contributed by atoms with Crippen LogP contribution >= 0.6 is 0 Å². The van der Waals surface area contributed by atoms with Crippen molar-refractivity contribution in [2.24, 2.45) is 10.9 Å². The lowest BCUT2D eigenvalue weighted by atomic mass is 9.95. The van der Waals surface area contributed by atoms with Crippen LogP contribution in [0.15, 0.2) is 23.2 Å². The lowest BCUT2D eigenvalue weighted by molar-refractivity contribution is -0.143. The summed E-state index contributed by atoms with van der Waals surface area (Å²) >= 11 is 0. The number of anilines is 1. The normalized spacial score (nSPS) is 18.0. The van der Waals surface area contributed by atoms with Crippen LogP contribution in [0.5, 0.6) is 0 Å². The van der Waals surface area contributed by atoms with Crippen molar-refractivity contribution in [3.05, 3.63) is 29.3 Å². The molecule has 29 heavy (non-hydrogen) atoms. The number of benzene rings is 1. The van der Waals surface area contributed by atoms with E-state index in [9.17, 15) is 40.7 Å². The molecular formula is C17H15F6N3O3. The number of aliphatic imine (C=N–C) groups is 1. The van der Waals surface area contributed by atoms with Gasteiger partial charge in [-0.15, -0.1) is 0 Å². The maximum absolute atomic E-state index is 12.9. The Kier molecular flexibility index (Phi) is 6.04. The molecule has 0 bridgehead atoms. The molecule has 1 aromatic rings. The summed E-state index contributed by atoms with van der Waals surface area (Å²) < 4.78 is 77.1. The fourth-order valence-electron chi connectivity index (χ4n) is 2.67. The van der Waals surface area contributed by atoms with Crippen LogP contribution in [0.25, 0.3) is 0 Å². The second-order valence-electron chi connectivity index (χ2n) is 6.37. The van der Waals surface area contributed by atoms with E-state index >= 15 is 0 Å². The van der Waals surface area contributed by atoms with Crippen molar-refractivity contribution < 1.29 is 40.7 Å². The Balaban J connectivity index is 2.15. The molecule has 0 aliphatic carbocycles. The van der Waals surface area contributed by atoms with Gasteiger partial charge < -0.3 is 5.32 Å². The number of carbonyl (C=O) groups is 3. The van der Waals surface area contributed by atoms with Gasteiger partial charge in [-0.05, 0) is 31.5 Å². The van der Waals surface area contributed by atoms with Crippen LogP contribution in [0.2, 0.25) is 0 Å². The molecule has 1 aliphatic heterocycles. The molecule has 1 heterocycles. The number of hydrogen-bond donors (Lipinski definition) is 1. The van der Waals surface area contributed by atoms with E-state index in [2.05, 4.69) is 4.99 Å². The molecular weight excluding hydrogens is 408 g/mol. The molecule has 4 amide bonds. The van der Waals surface area contributed by atoms with Crippen LogP contribution in [0.4, 0.5) is 36.8 Å². The third-order valence-electron chi connectivity index (χ3n) is 4.22. The first-order chi connectivity index (χ1) is 13.2. The quantitative estimate of drug-likeness (QED) is 0.741. The summed E-state index contributed by atoms with van der Waals surface area (Å²) in [5.74, 6) is -2.39. The summed E-state index contributed by atoms with van der Waals surface area (Å²) in [6, 6.07) is -0.0454. The summed E-state index contributed by atoms with van der Waals surface area (Å²) in [5, 5.41) is 1.99. The van der Waals surface area contributed by atoms with Crippen molar-refractivity contribution in [3.8, 4) is 0 Å². The van der Waals surface area contributed by atoms with Crippen LogP contribution < -0.4 is 5.32 Å². The van der Waals surface area contributed by atoms with Crippen LogP contribution in [-0.2, 0) is 21.9 Å². The Hall–Kier alpha value is -2.92. The molecule has 1 atom stereocenters. The minimum absolute atomic E-state index is 0.0526. The number of rotatable bonds is 4. The van der Waals surface area contributed by atoms with E-state index in [1.54, 1.807) is 0 Å². The SMILES string of the molecule is CC1=NC(=O)N(C)C(=O)C1CCC(=O)Nc1cc(C(F)(F)F)cc(C(F)(F)F)c1. The molecule has 1 aromatic carbocycles. The van der Waals surface area contributed by atoms with Gasteiger partial charge in [-0.1, -0.05) is 0 Å². The van der Waals surface area contributed by atoms with E-state index in [0.717, 1.165) is 4.90 Å². The molecule has 0 radical (unpaired) electrons. The van der Waals surface area contributed by atoms with Gasteiger partial charge in [0, 0.05) is 24.9 Å². The molecule has 0 aromatic heterocycles. The van der Waals surface area contributed by atoms with E-state index in [4.69, 9.17) is 0 Å². The number of hydrogen-bond acceptors (Lipinski definition) is 3. The van der Waals surface area contributed by atoms with Gasteiger partial charge in [-0.2, -0.15) is 26.3 Å². The van der Waals surface area contributed by atoms with Gasteiger partial charge in [0.15, 0.2) is 0 Å². The Labute approximate surface area is 160 Å². The number of amides is 4. The molecule has 158 valence electrons. The number of halogens is 6. The lowest BCUT2D eigenvalue weighted by Gasteiger charge is -2.25. The Morgan fingerprint density at radius 1 is 1.07 bits per heavy atom. The average molecular weight is 423 g/mol. The first-order valence-corrected chi connectivity index (χ1v) is 8.16. The van der Waals surface area contributed by atoms with Crippen LogP contribution in [0, 0.1) is 5.92 Å². The largest absolute Gasteiger partial charge is 0.416 e. The highest BCUT2D eigenvalue weighted by atomic mass is 19.4. The number of imide groups is 1. The summed E-state index contributed by atoms with van der Waals surface area (Å²) in [7, 11) is 1.20. The van der Waals surface area contributed by atoms with Crippen molar-refractivity contribution >= 4 is 29.2 Å². The van der Waals surface area contributed by atoms with Crippen LogP contribution in [-0.4, -0.2) is 35.5 Å². The van der Waals surface area contributed by atoms with E-state index in [-0.39, 0.29) is 24.6 Å². The number of alkyl halides is 6. The number of urea groups is 1. The second-order valence-corrected chi connectivity index (χ2v) is 6.37. The van der Waals surface area contributed by atoms with Crippen LogP contribution in [0.3, 0.4) is 0 Å². The highest BCUT2D eigenvalue weighted by Gasteiger charge is 2.37. The Morgan fingerprint density at radius 3 is 2.07 bits per heavy atom. The van der Waals surface area contributed by atoms with Crippen molar-refractivity contribution in [2.45, 2.75) is 32.1 Å². The van der Waals surface area contributed by atoms with Gasteiger partial charge in [0.1, 0.15) is 0 Å². The fraction of sp³-hybridized carbons (Fsp3) is 0.412. The molecule has 6 nitrogen and oxygen atoms in total. The summed E-state index contributed by atoms with van der Waals surface area (Å²) in [6.45, 7) is 1.41. The summed E-state index contributed by atoms with van der Waals surface area (Å²) in [4.78, 5) is 39.9. The molecule has 0 spiro atoms. The van der Waals surface area contributed by atoms with Crippen molar-refractivity contribution in [3.63, 3.8) is 0 Å². The first-order valence-electron chi connectivity index (χ1n) is 8.16. The highest BCUT2D eigenvalue weighted by Crippen LogP contribution is 2.37. The molecule has 0 saturated heterocycles. The lowest BCUT2D eigenvalue weighted by Crippen LogP contribution is -2.43. The van der Waals surface area contributed by atoms with Gasteiger partial charge >= 0.3 is 18.4 Å². The molecule has 1 aliphatic rings. The topological polar surface area (TPSA) is 78.8 Å². The second kappa shape index (κ2) is 7.84. The number of nitrogens with zero attached hydrogens (tertiary/aromatic N) is 2. The number of nitrogens with one attached hydrogen (secondary N) is 1. The van der Waals surface area contributed by atoms with Crippen molar-refractivity contribution in [1.82, 2.24) is 4.90 Å². The fourth-order valence-corrected chi connectivity index (χ4v) is 2.67. The molecule has 1 N–H and O–H groups in total. The third kappa shape index (κ3) is 5.33. The predicted octanol–water partition coefficient (Wildman–Crippen LogP) is 4.11. The minimum Gasteiger partial charge on any atom is -0.326 e. The van der Waals surface area contributed by atoms with Gasteiger partial charge in [0.2, 0.25) is 11.8 Å². The maximum atomic E-state index is 12.9. The monoisotopic (exact) mass is 423 g/mol. The molecule has 1 unspecified atom stereocenters. The summed E-state index contributed by atoms with van der Waals surface area (Å²) in [5.41, 5.74) is -3.63. The maximum Gasteiger partial charge on any atom is 0.416 e. The van der Waals surface area contributed by atoms with Crippen molar-refractivity contribution in [1.29, 1.82) is 0 Å². The molecule has 0 fully saturated rings. The van der Waals surface area contributed by atoms with Gasteiger partial charge in [0.05, 0.1) is 17.0 Å². The predicted molar refractivity (Wildman–Crippen MR) is 89.1 cm³/mol. The van der Waals surface area contributed by atoms with Crippen molar-refractivity contribution in [2.75, 3.05) is 12.4 Å². The van der Waals surface area contributed by atoms with E-state index in [1.807, 2.05) is 5.32 Å². The highest BCUT2D eigenvalue weighted by molar-refractivity contribution is 6.15. The number of carbonyl (C=O) groups excluding carboxylic acids is 3.